The summed E-state index contributed by atoms with van der Waals surface area (Å²) in [5, 5.41) is 3.38. The number of benzene rings is 1. The molecule has 2 rings (SSSR count). The Morgan fingerprint density at radius 2 is 2.35 bits per heavy atom. The van der Waals surface area contributed by atoms with Crippen molar-refractivity contribution in [3.05, 3.63) is 28.2 Å². The van der Waals surface area contributed by atoms with E-state index in [1.54, 1.807) is 7.11 Å². The molecule has 0 bridgehead atoms. The molecule has 0 amide bonds. The Hall–Kier alpha value is -0.580. The summed E-state index contributed by atoms with van der Waals surface area (Å²) >= 11 is 3.47. The van der Waals surface area contributed by atoms with Crippen molar-refractivity contribution in [2.24, 2.45) is 5.92 Å². The van der Waals surface area contributed by atoms with Gasteiger partial charge < -0.3 is 14.8 Å². The van der Waals surface area contributed by atoms with Crippen LogP contribution in [0.4, 0.5) is 0 Å². The van der Waals surface area contributed by atoms with Gasteiger partial charge in [-0.1, -0.05) is 22.0 Å². The molecule has 1 heterocycles. The smallest absolute Gasteiger partial charge is 0.124 e. The summed E-state index contributed by atoms with van der Waals surface area (Å²) in [6.45, 7) is 1.69. The number of rotatable bonds is 4. The van der Waals surface area contributed by atoms with Crippen LogP contribution in [0.2, 0.25) is 0 Å². The largest absolute Gasteiger partial charge is 0.496 e. The zero-order valence-corrected chi connectivity index (χ0v) is 11.8. The lowest BCUT2D eigenvalue weighted by Gasteiger charge is -2.24. The SMILES string of the molecule is CNC(c1ccc(Br)cc1OC)C1CCOC1. The van der Waals surface area contributed by atoms with Gasteiger partial charge in [-0.3, -0.25) is 0 Å². The molecule has 1 N–H and O–H groups in total. The summed E-state index contributed by atoms with van der Waals surface area (Å²) in [6.07, 6.45) is 1.10. The Labute approximate surface area is 111 Å². The first-order chi connectivity index (χ1) is 8.26. The zero-order valence-electron chi connectivity index (χ0n) is 10.2. The van der Waals surface area contributed by atoms with Crippen LogP contribution in [0.15, 0.2) is 22.7 Å². The van der Waals surface area contributed by atoms with Gasteiger partial charge in [0, 0.05) is 28.6 Å². The van der Waals surface area contributed by atoms with E-state index in [2.05, 4.69) is 33.4 Å². The van der Waals surface area contributed by atoms with E-state index >= 15 is 0 Å². The average Bonchev–Trinajstić information content (AvgIpc) is 2.85. The summed E-state index contributed by atoms with van der Waals surface area (Å²) in [5.41, 5.74) is 1.20. The first-order valence-corrected chi connectivity index (χ1v) is 6.64. The molecule has 2 unspecified atom stereocenters. The van der Waals surface area contributed by atoms with Crippen LogP contribution in [0.5, 0.6) is 5.75 Å². The highest BCUT2D eigenvalue weighted by Gasteiger charge is 2.27. The molecule has 1 saturated heterocycles. The van der Waals surface area contributed by atoms with Crippen LogP contribution in [0, 0.1) is 5.92 Å². The first kappa shape index (κ1) is 12.9. The van der Waals surface area contributed by atoms with Crippen molar-refractivity contribution in [1.82, 2.24) is 5.32 Å². The highest BCUT2D eigenvalue weighted by atomic mass is 79.9. The predicted molar refractivity (Wildman–Crippen MR) is 71.4 cm³/mol. The van der Waals surface area contributed by atoms with Crippen molar-refractivity contribution in [1.29, 1.82) is 0 Å². The zero-order chi connectivity index (χ0) is 12.3. The minimum absolute atomic E-state index is 0.292. The van der Waals surface area contributed by atoms with Crippen LogP contribution in [-0.4, -0.2) is 27.4 Å². The Morgan fingerprint density at radius 3 is 2.94 bits per heavy atom. The monoisotopic (exact) mass is 299 g/mol. The number of halogens is 1. The van der Waals surface area contributed by atoms with Gasteiger partial charge >= 0.3 is 0 Å². The van der Waals surface area contributed by atoms with Gasteiger partial charge in [0.2, 0.25) is 0 Å². The third-order valence-corrected chi connectivity index (χ3v) is 3.77. The third kappa shape index (κ3) is 2.81. The van der Waals surface area contributed by atoms with Crippen LogP contribution >= 0.6 is 15.9 Å². The van der Waals surface area contributed by atoms with Crippen LogP contribution in [0.1, 0.15) is 18.0 Å². The van der Waals surface area contributed by atoms with Gasteiger partial charge in [0.15, 0.2) is 0 Å². The molecule has 0 saturated carbocycles. The second kappa shape index (κ2) is 5.85. The Balaban J connectivity index is 2.29. The molecule has 0 radical (unpaired) electrons. The molecule has 0 spiro atoms. The minimum atomic E-state index is 0.292. The quantitative estimate of drug-likeness (QED) is 0.927. The molecule has 2 atom stereocenters. The molecule has 1 fully saturated rings. The fourth-order valence-electron chi connectivity index (χ4n) is 2.40. The van der Waals surface area contributed by atoms with Crippen molar-refractivity contribution in [2.75, 3.05) is 27.4 Å². The molecule has 94 valence electrons. The Bertz CT molecular complexity index is 378. The van der Waals surface area contributed by atoms with Gasteiger partial charge in [-0.25, -0.2) is 0 Å². The number of ether oxygens (including phenoxy) is 2. The van der Waals surface area contributed by atoms with Gasteiger partial charge in [-0.15, -0.1) is 0 Å². The van der Waals surface area contributed by atoms with Gasteiger partial charge in [-0.2, -0.15) is 0 Å². The molecular formula is C13H18BrNO2. The van der Waals surface area contributed by atoms with Crippen molar-refractivity contribution in [3.63, 3.8) is 0 Å². The number of methoxy groups -OCH3 is 1. The number of nitrogens with one attached hydrogen (secondary N) is 1. The summed E-state index contributed by atoms with van der Waals surface area (Å²) < 4.78 is 12.0. The van der Waals surface area contributed by atoms with Crippen LogP contribution in [-0.2, 0) is 4.74 Å². The molecule has 1 aliphatic rings. The second-order valence-corrected chi connectivity index (χ2v) is 5.19. The van der Waals surface area contributed by atoms with Gasteiger partial charge in [-0.05, 0) is 25.6 Å². The van der Waals surface area contributed by atoms with Crippen LogP contribution in [0.25, 0.3) is 0 Å². The fourth-order valence-corrected chi connectivity index (χ4v) is 2.74. The highest BCUT2D eigenvalue weighted by Crippen LogP contribution is 2.35. The van der Waals surface area contributed by atoms with Gasteiger partial charge in [0.05, 0.1) is 13.7 Å². The predicted octanol–water partition coefficient (Wildman–Crippen LogP) is 2.75. The van der Waals surface area contributed by atoms with Crippen LogP contribution in [0.3, 0.4) is 0 Å². The van der Waals surface area contributed by atoms with Crippen molar-refractivity contribution < 1.29 is 9.47 Å². The van der Waals surface area contributed by atoms with Gasteiger partial charge in [0.1, 0.15) is 5.75 Å². The number of hydrogen-bond acceptors (Lipinski definition) is 3. The summed E-state index contributed by atoms with van der Waals surface area (Å²) in [7, 11) is 3.70. The second-order valence-electron chi connectivity index (χ2n) is 4.28. The van der Waals surface area contributed by atoms with Crippen molar-refractivity contribution in [2.45, 2.75) is 12.5 Å². The Kier molecular flexibility index (Phi) is 4.42. The lowest BCUT2D eigenvalue weighted by molar-refractivity contribution is 0.177. The molecule has 1 aromatic carbocycles. The third-order valence-electron chi connectivity index (χ3n) is 3.28. The van der Waals surface area contributed by atoms with E-state index in [0.29, 0.717) is 12.0 Å². The van der Waals surface area contributed by atoms with E-state index < -0.39 is 0 Å². The van der Waals surface area contributed by atoms with E-state index in [-0.39, 0.29) is 0 Å². The topological polar surface area (TPSA) is 30.5 Å². The molecule has 0 aliphatic carbocycles. The molecule has 17 heavy (non-hydrogen) atoms. The molecule has 4 heteroatoms. The average molecular weight is 300 g/mol. The standard InChI is InChI=1S/C13H18BrNO2/c1-15-13(9-5-6-17-8-9)11-4-3-10(14)7-12(11)16-2/h3-4,7,9,13,15H,5-6,8H2,1-2H3. The van der Waals surface area contributed by atoms with E-state index in [0.717, 1.165) is 29.9 Å². The summed E-state index contributed by atoms with van der Waals surface area (Å²) in [4.78, 5) is 0. The highest BCUT2D eigenvalue weighted by molar-refractivity contribution is 9.10. The van der Waals surface area contributed by atoms with E-state index in [1.807, 2.05) is 13.1 Å². The number of hydrogen-bond donors (Lipinski definition) is 1. The lowest BCUT2D eigenvalue weighted by Crippen LogP contribution is -2.26. The van der Waals surface area contributed by atoms with Gasteiger partial charge in [0.25, 0.3) is 0 Å². The summed E-state index contributed by atoms with van der Waals surface area (Å²) in [6, 6.07) is 6.47. The molecular weight excluding hydrogens is 282 g/mol. The van der Waals surface area contributed by atoms with Crippen molar-refractivity contribution >= 4 is 15.9 Å². The molecule has 1 aromatic rings. The normalized spacial score (nSPS) is 21.5. The van der Waals surface area contributed by atoms with E-state index in [9.17, 15) is 0 Å². The maximum absolute atomic E-state index is 5.47. The fraction of sp³-hybridized carbons (Fsp3) is 0.538. The van der Waals surface area contributed by atoms with Crippen LogP contribution < -0.4 is 10.1 Å². The maximum atomic E-state index is 5.47. The van der Waals surface area contributed by atoms with E-state index in [1.165, 1.54) is 5.56 Å². The van der Waals surface area contributed by atoms with Crippen molar-refractivity contribution in [3.8, 4) is 5.75 Å². The lowest BCUT2D eigenvalue weighted by atomic mass is 9.92. The summed E-state index contributed by atoms with van der Waals surface area (Å²) in [5.74, 6) is 1.45. The first-order valence-electron chi connectivity index (χ1n) is 5.84. The molecule has 1 aliphatic heterocycles. The molecule has 3 nitrogen and oxygen atoms in total. The maximum Gasteiger partial charge on any atom is 0.124 e. The minimum Gasteiger partial charge on any atom is -0.496 e. The molecule has 0 aromatic heterocycles. The van der Waals surface area contributed by atoms with E-state index in [4.69, 9.17) is 9.47 Å². The Morgan fingerprint density at radius 1 is 1.53 bits per heavy atom.